The average molecular weight is 102 g/mol. The number of rotatable bonds is 2. The van der Waals surface area contributed by atoms with Gasteiger partial charge in [-0.3, -0.25) is 0 Å². The van der Waals surface area contributed by atoms with Crippen molar-refractivity contribution in [3.63, 3.8) is 0 Å². The van der Waals surface area contributed by atoms with E-state index in [1.165, 1.54) is 6.08 Å². The summed E-state index contributed by atoms with van der Waals surface area (Å²) < 4.78 is 12.1. The molecule has 42 valence electrons. The van der Waals surface area contributed by atoms with Gasteiger partial charge in [0.2, 0.25) is 0 Å². The van der Waals surface area contributed by atoms with Gasteiger partial charge >= 0.3 is 0 Å². The first-order chi connectivity index (χ1) is 3.18. The molecule has 0 rings (SSSR count). The van der Waals surface area contributed by atoms with Crippen molar-refractivity contribution in [2.45, 2.75) is 20.0 Å². The summed E-state index contributed by atoms with van der Waals surface area (Å²) in [5, 5.41) is 0. The van der Waals surface area contributed by atoms with Crippen molar-refractivity contribution in [3.8, 4) is 0 Å². The van der Waals surface area contributed by atoms with Crippen molar-refractivity contribution in [2.24, 2.45) is 5.92 Å². The fraction of sp³-hybridized carbons (Fsp3) is 0.667. The van der Waals surface area contributed by atoms with Crippen LogP contribution in [0.5, 0.6) is 0 Å². The minimum absolute atomic E-state index is 0.0810. The fourth-order valence-corrected chi connectivity index (χ4v) is 0.272. The van der Waals surface area contributed by atoms with Gasteiger partial charge in [-0.25, -0.2) is 4.39 Å². The molecule has 0 bridgehead atoms. The molecule has 0 fully saturated rings. The van der Waals surface area contributed by atoms with Crippen molar-refractivity contribution in [2.75, 3.05) is 0 Å². The maximum Gasteiger partial charge on any atom is 0.120 e. The Morgan fingerprint density at radius 2 is 2.00 bits per heavy atom. The smallest absolute Gasteiger partial charge is 0.120 e. The maximum atomic E-state index is 12.1. The summed E-state index contributed by atoms with van der Waals surface area (Å²) in [6, 6.07) is 0. The molecule has 0 N–H and O–H groups in total. The number of allylic oxidation sites excluding steroid dienone is 1. The van der Waals surface area contributed by atoms with E-state index < -0.39 is 6.17 Å². The second kappa shape index (κ2) is 2.78. The Labute approximate surface area is 44.0 Å². The van der Waals surface area contributed by atoms with Gasteiger partial charge in [-0.1, -0.05) is 19.9 Å². The van der Waals surface area contributed by atoms with Crippen LogP contribution in [0.25, 0.3) is 0 Å². The molecule has 0 heterocycles. The zero-order valence-corrected chi connectivity index (χ0v) is 4.82. The first kappa shape index (κ1) is 6.67. The van der Waals surface area contributed by atoms with Gasteiger partial charge in [0.05, 0.1) is 0 Å². The van der Waals surface area contributed by atoms with Gasteiger partial charge in [0.25, 0.3) is 0 Å². The van der Waals surface area contributed by atoms with Crippen LogP contribution in [-0.4, -0.2) is 6.17 Å². The highest BCUT2D eigenvalue weighted by molar-refractivity contribution is 4.80. The SMILES string of the molecule is C=CC(F)C(C)C. The molecule has 0 saturated carbocycles. The molecule has 7 heavy (non-hydrogen) atoms. The van der Waals surface area contributed by atoms with Gasteiger partial charge in [-0.2, -0.15) is 0 Å². The lowest BCUT2D eigenvalue weighted by Gasteiger charge is -2.03. The van der Waals surface area contributed by atoms with Crippen molar-refractivity contribution >= 4 is 0 Å². The van der Waals surface area contributed by atoms with E-state index in [1.807, 2.05) is 13.8 Å². The molecule has 0 nitrogen and oxygen atoms in total. The normalized spacial score (nSPS) is 14.3. The van der Waals surface area contributed by atoms with E-state index in [2.05, 4.69) is 6.58 Å². The van der Waals surface area contributed by atoms with Crippen LogP contribution in [0, 0.1) is 5.92 Å². The molecule has 0 aliphatic rings. The molecule has 0 aromatic rings. The second-order valence-corrected chi connectivity index (χ2v) is 1.92. The lowest BCUT2D eigenvalue weighted by molar-refractivity contribution is 0.315. The Kier molecular flexibility index (Phi) is 2.65. The van der Waals surface area contributed by atoms with Crippen LogP contribution >= 0.6 is 0 Å². The maximum absolute atomic E-state index is 12.1. The fourth-order valence-electron chi connectivity index (χ4n) is 0.272. The third-order valence-electron chi connectivity index (χ3n) is 0.862. The van der Waals surface area contributed by atoms with Crippen LogP contribution in [0.3, 0.4) is 0 Å². The zero-order valence-electron chi connectivity index (χ0n) is 4.82. The van der Waals surface area contributed by atoms with E-state index in [0.29, 0.717) is 0 Å². The summed E-state index contributed by atoms with van der Waals surface area (Å²) in [5.41, 5.74) is 0. The van der Waals surface area contributed by atoms with Gasteiger partial charge < -0.3 is 0 Å². The van der Waals surface area contributed by atoms with Crippen LogP contribution in [0.4, 0.5) is 4.39 Å². The van der Waals surface area contributed by atoms with Gasteiger partial charge in [-0.05, 0) is 5.92 Å². The lowest BCUT2D eigenvalue weighted by Crippen LogP contribution is -2.03. The Hall–Kier alpha value is -0.330. The van der Waals surface area contributed by atoms with Crippen molar-refractivity contribution in [3.05, 3.63) is 12.7 Å². The van der Waals surface area contributed by atoms with Crippen LogP contribution in [0.2, 0.25) is 0 Å². The molecular formula is C6H11F. The molecule has 0 saturated heterocycles. The number of alkyl halides is 1. The second-order valence-electron chi connectivity index (χ2n) is 1.92. The third kappa shape index (κ3) is 2.38. The van der Waals surface area contributed by atoms with E-state index in [0.717, 1.165) is 0 Å². The molecule has 0 radical (unpaired) electrons. The quantitative estimate of drug-likeness (QED) is 0.469. The number of halogens is 1. The minimum Gasteiger partial charge on any atom is -0.243 e. The van der Waals surface area contributed by atoms with Gasteiger partial charge in [0.1, 0.15) is 6.17 Å². The van der Waals surface area contributed by atoms with Crippen molar-refractivity contribution in [1.29, 1.82) is 0 Å². The number of hydrogen-bond donors (Lipinski definition) is 0. The lowest BCUT2D eigenvalue weighted by atomic mass is 10.1. The Morgan fingerprint density at radius 1 is 1.57 bits per heavy atom. The summed E-state index contributed by atoms with van der Waals surface area (Å²) in [4.78, 5) is 0. The summed E-state index contributed by atoms with van der Waals surface area (Å²) in [6.07, 6.45) is 0.491. The van der Waals surface area contributed by atoms with Crippen LogP contribution in [-0.2, 0) is 0 Å². The molecule has 0 amide bonds. The molecule has 0 aromatic heterocycles. The molecule has 0 aliphatic heterocycles. The molecule has 0 aromatic carbocycles. The van der Waals surface area contributed by atoms with Crippen LogP contribution < -0.4 is 0 Å². The van der Waals surface area contributed by atoms with Gasteiger partial charge in [0, 0.05) is 0 Å². The largest absolute Gasteiger partial charge is 0.243 e. The zero-order chi connectivity index (χ0) is 5.86. The molecule has 0 aliphatic carbocycles. The van der Waals surface area contributed by atoms with E-state index in [-0.39, 0.29) is 5.92 Å². The topological polar surface area (TPSA) is 0 Å². The summed E-state index contributed by atoms with van der Waals surface area (Å²) in [5.74, 6) is 0.0810. The van der Waals surface area contributed by atoms with E-state index in [1.54, 1.807) is 0 Å². The van der Waals surface area contributed by atoms with Crippen molar-refractivity contribution < 1.29 is 4.39 Å². The monoisotopic (exact) mass is 102 g/mol. The molecule has 1 unspecified atom stereocenters. The highest BCUT2D eigenvalue weighted by atomic mass is 19.1. The molecule has 1 atom stereocenters. The molecule has 1 heteroatoms. The highest BCUT2D eigenvalue weighted by Gasteiger charge is 2.03. The van der Waals surface area contributed by atoms with E-state index >= 15 is 0 Å². The minimum atomic E-state index is -0.833. The predicted octanol–water partition coefficient (Wildman–Crippen LogP) is 2.17. The summed E-state index contributed by atoms with van der Waals surface area (Å²) in [7, 11) is 0. The first-order valence-electron chi connectivity index (χ1n) is 2.45. The van der Waals surface area contributed by atoms with E-state index in [9.17, 15) is 4.39 Å². The van der Waals surface area contributed by atoms with Crippen LogP contribution in [0.15, 0.2) is 12.7 Å². The first-order valence-corrected chi connectivity index (χ1v) is 2.45. The highest BCUT2D eigenvalue weighted by Crippen LogP contribution is 2.04. The van der Waals surface area contributed by atoms with Crippen LogP contribution in [0.1, 0.15) is 13.8 Å². The Balaban J connectivity index is 3.33. The molecular weight excluding hydrogens is 91.1 g/mol. The summed E-state index contributed by atoms with van der Waals surface area (Å²) in [6.45, 7) is 6.96. The van der Waals surface area contributed by atoms with Gasteiger partial charge in [0.15, 0.2) is 0 Å². The third-order valence-corrected chi connectivity index (χ3v) is 0.862. The Morgan fingerprint density at radius 3 is 2.00 bits per heavy atom. The number of hydrogen-bond acceptors (Lipinski definition) is 0. The standard InChI is InChI=1S/C6H11F/c1-4-6(7)5(2)3/h4-6H,1H2,2-3H3. The van der Waals surface area contributed by atoms with Gasteiger partial charge in [-0.15, -0.1) is 6.58 Å². The molecule has 0 spiro atoms. The average Bonchev–Trinajstić information content (AvgIpc) is 1.65. The van der Waals surface area contributed by atoms with E-state index in [4.69, 9.17) is 0 Å². The summed E-state index contributed by atoms with van der Waals surface area (Å²) >= 11 is 0. The van der Waals surface area contributed by atoms with Crippen molar-refractivity contribution in [1.82, 2.24) is 0 Å². The Bertz CT molecular complexity index is 57.2. The predicted molar refractivity (Wildman–Crippen MR) is 29.9 cm³/mol.